The molecule has 0 spiro atoms. The highest BCUT2D eigenvalue weighted by Gasteiger charge is 2.19. The molecule has 1 heterocycles. The van der Waals surface area contributed by atoms with Crippen molar-refractivity contribution in [2.75, 3.05) is 20.3 Å². The number of likely N-dealkylation sites (N-methyl/N-ethyl adjacent to an activating group) is 1. The number of carbonyl (C=O) groups excluding carboxylic acids is 1. The van der Waals surface area contributed by atoms with Crippen molar-refractivity contribution in [2.45, 2.75) is 12.5 Å². The Bertz CT molecular complexity index is 114. The summed E-state index contributed by atoms with van der Waals surface area (Å²) in [6.07, 6.45) is 0.561. The van der Waals surface area contributed by atoms with Crippen LogP contribution in [0.1, 0.15) is 6.42 Å². The number of ketones is 1. The zero-order chi connectivity index (χ0) is 6.69. The Kier molecular flexibility index (Phi) is 2.19. The van der Waals surface area contributed by atoms with Gasteiger partial charge in [0, 0.05) is 6.42 Å². The van der Waals surface area contributed by atoms with Crippen molar-refractivity contribution in [1.29, 1.82) is 0 Å². The first-order valence-corrected chi connectivity index (χ1v) is 3.12. The van der Waals surface area contributed by atoms with Gasteiger partial charge >= 0.3 is 0 Å². The largest absolute Gasteiger partial charge is 0.379 e. The third-order valence-electron chi connectivity index (χ3n) is 1.51. The molecule has 1 aliphatic heterocycles. The lowest BCUT2D eigenvalue weighted by Crippen LogP contribution is -2.42. The molecule has 0 aromatic carbocycles. The molecule has 0 saturated carbocycles. The van der Waals surface area contributed by atoms with Gasteiger partial charge in [-0.1, -0.05) is 0 Å². The molecule has 3 nitrogen and oxygen atoms in total. The number of ether oxygens (including phenoxy) is 1. The molecular weight excluding hydrogens is 118 g/mol. The maximum Gasteiger partial charge on any atom is 0.154 e. The van der Waals surface area contributed by atoms with Gasteiger partial charge in [0.05, 0.1) is 19.3 Å². The van der Waals surface area contributed by atoms with Crippen LogP contribution in [0.25, 0.3) is 0 Å². The zero-order valence-electron chi connectivity index (χ0n) is 5.52. The van der Waals surface area contributed by atoms with Gasteiger partial charge in [-0.3, -0.25) is 4.79 Å². The Morgan fingerprint density at radius 2 is 2.56 bits per heavy atom. The van der Waals surface area contributed by atoms with Crippen LogP contribution < -0.4 is 5.32 Å². The van der Waals surface area contributed by atoms with Crippen LogP contribution in [-0.4, -0.2) is 32.1 Å². The van der Waals surface area contributed by atoms with Crippen LogP contribution in [0.3, 0.4) is 0 Å². The summed E-state index contributed by atoms with van der Waals surface area (Å²) in [7, 11) is 1.78. The molecule has 1 saturated heterocycles. The topological polar surface area (TPSA) is 38.3 Å². The van der Waals surface area contributed by atoms with Crippen molar-refractivity contribution in [3.8, 4) is 0 Å². The summed E-state index contributed by atoms with van der Waals surface area (Å²) < 4.78 is 5.06. The highest BCUT2D eigenvalue weighted by atomic mass is 16.5. The van der Waals surface area contributed by atoms with Crippen LogP contribution in [0.2, 0.25) is 0 Å². The van der Waals surface area contributed by atoms with Crippen molar-refractivity contribution in [1.82, 2.24) is 5.32 Å². The summed E-state index contributed by atoms with van der Waals surface area (Å²) in [5.41, 5.74) is 0. The van der Waals surface area contributed by atoms with E-state index in [4.69, 9.17) is 4.74 Å². The predicted molar refractivity (Wildman–Crippen MR) is 33.3 cm³/mol. The van der Waals surface area contributed by atoms with Gasteiger partial charge in [0.25, 0.3) is 0 Å². The van der Waals surface area contributed by atoms with Gasteiger partial charge in [0.1, 0.15) is 0 Å². The fourth-order valence-corrected chi connectivity index (χ4v) is 0.885. The van der Waals surface area contributed by atoms with E-state index < -0.39 is 0 Å². The van der Waals surface area contributed by atoms with Crippen LogP contribution >= 0.6 is 0 Å². The molecule has 0 amide bonds. The van der Waals surface area contributed by atoms with E-state index in [0.717, 1.165) is 0 Å². The molecule has 0 aliphatic carbocycles. The van der Waals surface area contributed by atoms with E-state index in [1.165, 1.54) is 0 Å². The minimum absolute atomic E-state index is 0.0567. The Labute approximate surface area is 54.4 Å². The predicted octanol–water partition coefficient (Wildman–Crippen LogP) is -0.436. The van der Waals surface area contributed by atoms with E-state index in [2.05, 4.69) is 5.32 Å². The third-order valence-corrected chi connectivity index (χ3v) is 1.51. The van der Waals surface area contributed by atoms with E-state index in [9.17, 15) is 4.79 Å². The fraction of sp³-hybridized carbons (Fsp3) is 0.833. The standard InChI is InChI=1S/C6H11NO2/c1-7-5-4-9-3-2-6(5)8/h5,7H,2-4H2,1H3. The van der Waals surface area contributed by atoms with Gasteiger partial charge in [-0.15, -0.1) is 0 Å². The van der Waals surface area contributed by atoms with Gasteiger partial charge in [-0.25, -0.2) is 0 Å². The highest BCUT2D eigenvalue weighted by molar-refractivity contribution is 5.84. The first kappa shape index (κ1) is 6.71. The van der Waals surface area contributed by atoms with Crippen LogP contribution in [0.5, 0.6) is 0 Å². The van der Waals surface area contributed by atoms with Crippen LogP contribution in [0.4, 0.5) is 0 Å². The van der Waals surface area contributed by atoms with E-state index in [0.29, 0.717) is 19.6 Å². The molecule has 1 aliphatic rings. The second-order valence-corrected chi connectivity index (χ2v) is 2.13. The summed E-state index contributed by atoms with van der Waals surface area (Å²) in [5.74, 6) is 0.267. The molecule has 0 aromatic rings. The summed E-state index contributed by atoms with van der Waals surface area (Å²) in [6, 6.07) is -0.0567. The number of carbonyl (C=O) groups is 1. The lowest BCUT2D eigenvalue weighted by molar-refractivity contribution is -0.127. The average Bonchev–Trinajstić information content (AvgIpc) is 1.89. The molecule has 1 unspecified atom stereocenters. The first-order chi connectivity index (χ1) is 4.34. The van der Waals surface area contributed by atoms with Crippen LogP contribution in [0, 0.1) is 0 Å². The second kappa shape index (κ2) is 2.94. The summed E-state index contributed by atoms with van der Waals surface area (Å²) in [6.45, 7) is 1.13. The second-order valence-electron chi connectivity index (χ2n) is 2.13. The van der Waals surface area contributed by atoms with E-state index in [1.807, 2.05) is 0 Å². The van der Waals surface area contributed by atoms with E-state index in [1.54, 1.807) is 7.05 Å². The molecular formula is C6H11NO2. The van der Waals surface area contributed by atoms with Gasteiger partial charge in [0.2, 0.25) is 0 Å². The SMILES string of the molecule is CNC1COCCC1=O. The Balaban J connectivity index is 2.39. The van der Waals surface area contributed by atoms with E-state index >= 15 is 0 Å². The highest BCUT2D eigenvalue weighted by Crippen LogP contribution is 2.00. The molecule has 0 radical (unpaired) electrons. The lowest BCUT2D eigenvalue weighted by atomic mass is 10.1. The molecule has 9 heavy (non-hydrogen) atoms. The summed E-state index contributed by atoms with van der Waals surface area (Å²) in [4.78, 5) is 10.9. The quantitative estimate of drug-likeness (QED) is 0.522. The number of hydrogen-bond acceptors (Lipinski definition) is 3. The van der Waals surface area contributed by atoms with Gasteiger partial charge < -0.3 is 10.1 Å². The fourth-order valence-electron chi connectivity index (χ4n) is 0.885. The maximum absolute atomic E-state index is 10.9. The van der Waals surface area contributed by atoms with E-state index in [-0.39, 0.29) is 11.8 Å². The molecule has 1 N–H and O–H groups in total. The van der Waals surface area contributed by atoms with Crippen molar-refractivity contribution < 1.29 is 9.53 Å². The minimum atomic E-state index is -0.0567. The number of rotatable bonds is 1. The average molecular weight is 129 g/mol. The first-order valence-electron chi connectivity index (χ1n) is 3.12. The van der Waals surface area contributed by atoms with Crippen LogP contribution in [0.15, 0.2) is 0 Å². The smallest absolute Gasteiger partial charge is 0.154 e. The minimum Gasteiger partial charge on any atom is -0.379 e. The van der Waals surface area contributed by atoms with Crippen molar-refractivity contribution >= 4 is 5.78 Å². The normalized spacial score (nSPS) is 28.6. The lowest BCUT2D eigenvalue weighted by Gasteiger charge is -2.19. The van der Waals surface area contributed by atoms with Gasteiger partial charge in [-0.2, -0.15) is 0 Å². The molecule has 1 atom stereocenters. The zero-order valence-corrected chi connectivity index (χ0v) is 5.52. The molecule has 3 heteroatoms. The summed E-state index contributed by atoms with van der Waals surface area (Å²) in [5, 5.41) is 2.88. The number of Topliss-reactive ketones (excluding diaryl/α,β-unsaturated/α-hetero) is 1. The molecule has 1 rings (SSSR count). The van der Waals surface area contributed by atoms with Crippen molar-refractivity contribution in [2.24, 2.45) is 0 Å². The monoisotopic (exact) mass is 129 g/mol. The summed E-state index contributed by atoms with van der Waals surface area (Å²) >= 11 is 0. The van der Waals surface area contributed by atoms with Crippen molar-refractivity contribution in [3.05, 3.63) is 0 Å². The molecule has 0 bridgehead atoms. The van der Waals surface area contributed by atoms with Crippen LogP contribution in [-0.2, 0) is 9.53 Å². The number of nitrogens with one attached hydrogen (secondary N) is 1. The molecule has 52 valence electrons. The molecule has 0 aromatic heterocycles. The third kappa shape index (κ3) is 1.50. The van der Waals surface area contributed by atoms with Gasteiger partial charge in [-0.05, 0) is 7.05 Å². The Morgan fingerprint density at radius 3 is 3.00 bits per heavy atom. The Hall–Kier alpha value is -0.410. The molecule has 1 fully saturated rings. The Morgan fingerprint density at radius 1 is 1.78 bits per heavy atom. The van der Waals surface area contributed by atoms with Gasteiger partial charge in [0.15, 0.2) is 5.78 Å². The maximum atomic E-state index is 10.9. The van der Waals surface area contributed by atoms with Crippen molar-refractivity contribution in [3.63, 3.8) is 0 Å². The number of hydrogen-bond donors (Lipinski definition) is 1.